The molecule has 5 heterocycles. The largest absolute Gasteiger partial charge is 0.457 e. The van der Waals surface area contributed by atoms with E-state index >= 15 is 0 Å². The summed E-state index contributed by atoms with van der Waals surface area (Å²) in [6.07, 6.45) is 6.80. The lowest BCUT2D eigenvalue weighted by Gasteiger charge is -2.31. The van der Waals surface area contributed by atoms with Crippen LogP contribution in [0.3, 0.4) is 0 Å². The highest BCUT2D eigenvalue weighted by Crippen LogP contribution is 2.44. The first kappa shape index (κ1) is 40.8. The van der Waals surface area contributed by atoms with Crippen LogP contribution in [0.25, 0.3) is 27.4 Å². The molecule has 4 aliphatic heterocycles. The van der Waals surface area contributed by atoms with E-state index in [1.54, 1.807) is 0 Å². The van der Waals surface area contributed by atoms with Crippen LogP contribution in [0.2, 0.25) is 0 Å². The molecule has 0 bridgehead atoms. The zero-order chi connectivity index (χ0) is 42.2. The van der Waals surface area contributed by atoms with Gasteiger partial charge in [-0.05, 0) is 83.9 Å². The SMILES string of the molecule is CC[C@H](C)[C@H](NC(=O)OC)C(=O)N1CCC[C@H]1C1=NC=C(c2ccc3c(c2)Oc2ccc4c(ccc5[nH]c([C@@H]6CCCN6C(=O)[C@@H](NC(=O)OC)[C@@H](C)CC)nc54)c2C3)C1. The topological polar surface area (TPSA) is 168 Å². The quantitative estimate of drug-likeness (QED) is 0.121. The highest BCUT2D eigenvalue weighted by molar-refractivity contribution is 6.07. The number of amides is 4. The van der Waals surface area contributed by atoms with Crippen LogP contribution in [0.4, 0.5) is 9.59 Å². The normalized spacial score (nSPS) is 20.4. The molecule has 1 aromatic heterocycles. The van der Waals surface area contributed by atoms with Crippen molar-refractivity contribution in [3.05, 3.63) is 71.2 Å². The molecule has 8 rings (SSSR count). The van der Waals surface area contributed by atoms with Crippen LogP contribution in [-0.4, -0.2) is 94.9 Å². The number of hydrogen-bond acceptors (Lipinski definition) is 9. The summed E-state index contributed by atoms with van der Waals surface area (Å²) in [4.78, 5) is 69.3. The van der Waals surface area contributed by atoms with Gasteiger partial charge in [-0.15, -0.1) is 0 Å². The summed E-state index contributed by atoms with van der Waals surface area (Å²) in [6, 6.07) is 12.9. The molecule has 2 fully saturated rings. The first-order valence-corrected chi connectivity index (χ1v) is 21.3. The number of fused-ring (bicyclic) bond motifs is 6. The lowest BCUT2D eigenvalue weighted by Crippen LogP contribution is -2.54. The number of likely N-dealkylation sites (tertiary alicyclic amines) is 2. The number of nitrogens with zero attached hydrogens (tertiary/aromatic N) is 4. The fourth-order valence-electron chi connectivity index (χ4n) is 9.29. The Kier molecular flexibility index (Phi) is 11.6. The number of aliphatic imine (C=N–C) groups is 1. The lowest BCUT2D eigenvalue weighted by molar-refractivity contribution is -0.136. The Labute approximate surface area is 350 Å². The number of alkyl carbamates (subject to hydrolysis) is 2. The van der Waals surface area contributed by atoms with Gasteiger partial charge in [0.05, 0.1) is 37.3 Å². The van der Waals surface area contributed by atoms with Gasteiger partial charge in [-0.1, -0.05) is 58.7 Å². The van der Waals surface area contributed by atoms with Crippen LogP contribution in [0.5, 0.6) is 11.5 Å². The van der Waals surface area contributed by atoms with E-state index in [2.05, 4.69) is 52.0 Å². The minimum absolute atomic E-state index is 0.0471. The van der Waals surface area contributed by atoms with Crippen molar-refractivity contribution >= 4 is 57.1 Å². The molecule has 14 nitrogen and oxygen atoms in total. The van der Waals surface area contributed by atoms with Gasteiger partial charge in [0.1, 0.15) is 29.4 Å². The summed E-state index contributed by atoms with van der Waals surface area (Å²) in [5, 5.41) is 7.62. The van der Waals surface area contributed by atoms with Gasteiger partial charge in [0.2, 0.25) is 11.8 Å². The third-order valence-corrected chi connectivity index (χ3v) is 13.2. The summed E-state index contributed by atoms with van der Waals surface area (Å²) < 4.78 is 16.3. The molecule has 4 aromatic rings. The van der Waals surface area contributed by atoms with E-state index in [4.69, 9.17) is 24.2 Å². The van der Waals surface area contributed by atoms with E-state index in [1.165, 1.54) is 14.2 Å². The van der Waals surface area contributed by atoms with Crippen molar-refractivity contribution in [2.45, 2.75) is 103 Å². The Bertz CT molecular complexity index is 2400. The van der Waals surface area contributed by atoms with Gasteiger partial charge in [-0.3, -0.25) is 14.6 Å². The van der Waals surface area contributed by atoms with Crippen molar-refractivity contribution < 1.29 is 33.4 Å². The van der Waals surface area contributed by atoms with Crippen molar-refractivity contribution in [2.24, 2.45) is 16.8 Å². The molecular formula is C46H55N7O7. The van der Waals surface area contributed by atoms with Crippen LogP contribution in [0.1, 0.15) is 101 Å². The zero-order valence-electron chi connectivity index (χ0n) is 35.3. The fourth-order valence-corrected chi connectivity index (χ4v) is 9.29. The Morgan fingerprint density at radius 1 is 0.817 bits per heavy atom. The zero-order valence-corrected chi connectivity index (χ0v) is 35.3. The summed E-state index contributed by atoms with van der Waals surface area (Å²) in [7, 11) is 2.61. The number of hydrogen-bond donors (Lipinski definition) is 3. The monoisotopic (exact) mass is 817 g/mol. The van der Waals surface area contributed by atoms with Gasteiger partial charge in [0, 0.05) is 48.8 Å². The molecule has 0 radical (unpaired) electrons. The van der Waals surface area contributed by atoms with E-state index in [1.807, 2.05) is 49.8 Å². The molecule has 0 saturated carbocycles. The maximum Gasteiger partial charge on any atom is 0.407 e. The van der Waals surface area contributed by atoms with Gasteiger partial charge in [0.15, 0.2) is 0 Å². The number of rotatable bonds is 11. The van der Waals surface area contributed by atoms with E-state index in [-0.39, 0.29) is 35.7 Å². The summed E-state index contributed by atoms with van der Waals surface area (Å²) in [5.74, 6) is 2.02. The minimum atomic E-state index is -0.689. The molecule has 4 aliphatic rings. The predicted octanol–water partition coefficient (Wildman–Crippen LogP) is 7.79. The molecule has 6 atom stereocenters. The summed E-state index contributed by atoms with van der Waals surface area (Å²) in [6.45, 7) is 9.16. The highest BCUT2D eigenvalue weighted by atomic mass is 16.5. The molecule has 4 amide bonds. The standard InChI is InChI=1S/C46H55N7O7/c1-7-25(3)39(50-45(56)58-5)43(54)52-19-9-11-35(52)34-22-29(24-47-34)27-13-14-28-21-32-30-15-17-33-41(31(30)16-18-37(32)60-38(28)23-27)49-42(48-33)36-12-10-20-53(36)44(55)40(26(4)8-2)51-46(57)59-6/h13-18,23-26,35-36,39-40H,7-12,19-22H2,1-6H3,(H,48,49)(H,50,56)(H,51,57)/t25-,26-,35-,36-,39-,40-/m0/s1. The Morgan fingerprint density at radius 2 is 1.45 bits per heavy atom. The number of methoxy groups -OCH3 is 2. The van der Waals surface area contributed by atoms with Gasteiger partial charge >= 0.3 is 12.2 Å². The Hall–Kier alpha value is -5.92. The van der Waals surface area contributed by atoms with Crippen LogP contribution in [0, 0.1) is 11.8 Å². The summed E-state index contributed by atoms with van der Waals surface area (Å²) in [5.41, 5.74) is 6.97. The Morgan fingerprint density at radius 3 is 2.10 bits per heavy atom. The number of aromatic nitrogens is 2. The van der Waals surface area contributed by atoms with Gasteiger partial charge in [0.25, 0.3) is 0 Å². The van der Waals surface area contributed by atoms with E-state index in [9.17, 15) is 19.2 Å². The van der Waals surface area contributed by atoms with Crippen molar-refractivity contribution in [1.82, 2.24) is 30.4 Å². The second kappa shape index (κ2) is 17.0. The maximum absolute atomic E-state index is 13.9. The smallest absolute Gasteiger partial charge is 0.407 e. The summed E-state index contributed by atoms with van der Waals surface area (Å²) >= 11 is 0. The van der Waals surface area contributed by atoms with Crippen LogP contribution in [0.15, 0.2) is 53.7 Å². The average molecular weight is 818 g/mol. The number of benzene rings is 3. The molecule has 2 saturated heterocycles. The fraction of sp³-hybridized carbons (Fsp3) is 0.478. The van der Waals surface area contributed by atoms with Crippen LogP contribution >= 0.6 is 0 Å². The number of imidazole rings is 1. The number of nitrogens with one attached hydrogen (secondary N) is 3. The molecule has 316 valence electrons. The van der Waals surface area contributed by atoms with E-state index < -0.39 is 24.3 Å². The van der Waals surface area contributed by atoms with Crippen molar-refractivity contribution in [3.63, 3.8) is 0 Å². The molecule has 0 spiro atoms. The number of ether oxygens (including phenoxy) is 3. The molecule has 0 aliphatic carbocycles. The average Bonchev–Trinajstić information content (AvgIpc) is 4.11. The third-order valence-electron chi connectivity index (χ3n) is 13.2. The molecule has 3 N–H and O–H groups in total. The second-order valence-corrected chi connectivity index (χ2v) is 16.7. The molecular weight excluding hydrogens is 763 g/mol. The van der Waals surface area contributed by atoms with Crippen molar-refractivity contribution in [1.29, 1.82) is 0 Å². The van der Waals surface area contributed by atoms with Crippen LogP contribution < -0.4 is 15.4 Å². The van der Waals surface area contributed by atoms with Crippen LogP contribution in [-0.2, 0) is 25.5 Å². The van der Waals surface area contributed by atoms with Gasteiger partial charge in [-0.25, -0.2) is 14.6 Å². The molecule has 14 heteroatoms. The number of aromatic amines is 1. The molecule has 3 aromatic carbocycles. The lowest BCUT2D eigenvalue weighted by atomic mass is 9.92. The number of carbonyl (C=O) groups excluding carboxylic acids is 4. The maximum atomic E-state index is 13.9. The minimum Gasteiger partial charge on any atom is -0.457 e. The van der Waals surface area contributed by atoms with E-state index in [0.717, 1.165) is 106 Å². The predicted molar refractivity (Wildman–Crippen MR) is 229 cm³/mol. The molecule has 60 heavy (non-hydrogen) atoms. The van der Waals surface area contributed by atoms with Gasteiger partial charge < -0.3 is 39.6 Å². The molecule has 0 unspecified atom stereocenters. The highest BCUT2D eigenvalue weighted by Gasteiger charge is 2.40. The van der Waals surface area contributed by atoms with E-state index in [0.29, 0.717) is 25.9 Å². The number of H-pyrrole nitrogens is 1. The second-order valence-electron chi connectivity index (χ2n) is 16.7. The first-order chi connectivity index (χ1) is 29.0. The number of carbonyl (C=O) groups is 4. The van der Waals surface area contributed by atoms with Crippen molar-refractivity contribution in [3.8, 4) is 11.5 Å². The van der Waals surface area contributed by atoms with Gasteiger partial charge in [-0.2, -0.15) is 0 Å². The third kappa shape index (κ3) is 7.56. The number of allylic oxidation sites excluding steroid dienone is 1. The van der Waals surface area contributed by atoms with Crippen molar-refractivity contribution in [2.75, 3.05) is 27.3 Å². The first-order valence-electron chi connectivity index (χ1n) is 21.3. The Balaban J connectivity index is 0.980.